The van der Waals surface area contributed by atoms with Crippen LogP contribution in [0.3, 0.4) is 0 Å². The quantitative estimate of drug-likeness (QED) is 0.791. The number of amides is 2. The molecule has 1 aliphatic heterocycles. The lowest BCUT2D eigenvalue weighted by molar-refractivity contribution is -0.126. The number of carbonyl (C=O) groups excluding carboxylic acids is 2. The summed E-state index contributed by atoms with van der Waals surface area (Å²) in [4.78, 5) is 22.9. The average Bonchev–Trinajstić information content (AvgIpc) is 2.41. The lowest BCUT2D eigenvalue weighted by Crippen LogP contribution is -2.55. The third-order valence-electron chi connectivity index (χ3n) is 3.52. The van der Waals surface area contributed by atoms with Crippen LogP contribution in [0.5, 0.6) is 0 Å². The monoisotopic (exact) mass is 311 g/mol. The molecule has 0 aliphatic carbocycles. The molecule has 1 saturated heterocycles. The lowest BCUT2D eigenvalue weighted by Gasteiger charge is -2.31. The van der Waals surface area contributed by atoms with Crippen molar-refractivity contribution in [2.45, 2.75) is 24.8 Å². The summed E-state index contributed by atoms with van der Waals surface area (Å²) >= 11 is 0. The van der Waals surface area contributed by atoms with Gasteiger partial charge in [-0.3, -0.25) is 9.59 Å². The summed E-state index contributed by atoms with van der Waals surface area (Å²) in [5.74, 6) is -1.03. The number of hydrogen-bond donors (Lipinski definition) is 2. The van der Waals surface area contributed by atoms with E-state index in [9.17, 15) is 18.0 Å². The number of carbonyl (C=O) groups is 2. The van der Waals surface area contributed by atoms with E-state index in [2.05, 4.69) is 5.32 Å². The first kappa shape index (κ1) is 15.5. The molecule has 0 bridgehead atoms. The fraction of sp³-hybridized carbons (Fsp3) is 0.385. The highest BCUT2D eigenvalue weighted by molar-refractivity contribution is 7.89. The topological polar surface area (TPSA) is 110 Å². The Hall–Kier alpha value is -1.93. The Morgan fingerprint density at radius 3 is 2.71 bits per heavy atom. The number of primary amides is 1. The summed E-state index contributed by atoms with van der Waals surface area (Å²) in [5, 5.41) is 2.60. The van der Waals surface area contributed by atoms with E-state index in [-0.39, 0.29) is 29.5 Å². The number of benzene rings is 1. The highest BCUT2D eigenvalue weighted by Gasteiger charge is 2.35. The van der Waals surface area contributed by atoms with Crippen molar-refractivity contribution in [3.8, 4) is 0 Å². The lowest BCUT2D eigenvalue weighted by atomic mass is 10.1. The first-order valence-electron chi connectivity index (χ1n) is 6.45. The Morgan fingerprint density at radius 1 is 1.43 bits per heavy atom. The number of rotatable bonds is 3. The van der Waals surface area contributed by atoms with Gasteiger partial charge >= 0.3 is 0 Å². The van der Waals surface area contributed by atoms with E-state index in [1.807, 2.05) is 0 Å². The molecule has 1 aromatic rings. The summed E-state index contributed by atoms with van der Waals surface area (Å²) in [7, 11) is -3.85. The minimum Gasteiger partial charge on any atom is -0.366 e. The number of piperazine rings is 1. The van der Waals surface area contributed by atoms with Crippen molar-refractivity contribution in [1.82, 2.24) is 9.62 Å². The molecule has 1 fully saturated rings. The zero-order valence-electron chi connectivity index (χ0n) is 11.8. The van der Waals surface area contributed by atoms with Gasteiger partial charge in [-0.15, -0.1) is 0 Å². The second-order valence-corrected chi connectivity index (χ2v) is 6.81. The SMILES string of the molecule is Cc1ccc(S(=O)(=O)N2CCNC(=O)C2C)cc1C(N)=O. The van der Waals surface area contributed by atoms with Crippen molar-refractivity contribution >= 4 is 21.8 Å². The van der Waals surface area contributed by atoms with Crippen LogP contribution < -0.4 is 11.1 Å². The summed E-state index contributed by atoms with van der Waals surface area (Å²) in [6, 6.07) is 3.41. The van der Waals surface area contributed by atoms with Crippen LogP contribution >= 0.6 is 0 Å². The van der Waals surface area contributed by atoms with Crippen LogP contribution in [0, 0.1) is 6.92 Å². The molecule has 1 atom stereocenters. The third-order valence-corrected chi connectivity index (χ3v) is 5.49. The molecule has 2 amide bonds. The normalized spacial score (nSPS) is 20.1. The fourth-order valence-corrected chi connectivity index (χ4v) is 3.87. The predicted octanol–water partition coefficient (Wildman–Crippen LogP) is -0.397. The number of nitrogens with one attached hydrogen (secondary N) is 1. The molecule has 3 N–H and O–H groups in total. The molecule has 1 unspecified atom stereocenters. The second kappa shape index (κ2) is 5.45. The molecule has 114 valence electrons. The molecule has 2 rings (SSSR count). The Labute approximate surface area is 123 Å². The van der Waals surface area contributed by atoms with E-state index in [0.717, 1.165) is 4.31 Å². The summed E-state index contributed by atoms with van der Waals surface area (Å²) < 4.78 is 26.4. The predicted molar refractivity (Wildman–Crippen MR) is 76.1 cm³/mol. The first-order chi connectivity index (χ1) is 9.75. The zero-order valence-corrected chi connectivity index (χ0v) is 12.6. The summed E-state index contributed by atoms with van der Waals surface area (Å²) in [6.45, 7) is 3.65. The Bertz CT molecular complexity index is 699. The van der Waals surface area contributed by atoms with Gasteiger partial charge in [-0.05, 0) is 31.5 Å². The van der Waals surface area contributed by atoms with Crippen LogP contribution in [0.15, 0.2) is 23.1 Å². The van der Waals surface area contributed by atoms with E-state index in [1.165, 1.54) is 25.1 Å². The fourth-order valence-electron chi connectivity index (χ4n) is 2.25. The van der Waals surface area contributed by atoms with Gasteiger partial charge in [0.2, 0.25) is 21.8 Å². The summed E-state index contributed by atoms with van der Waals surface area (Å²) in [6.07, 6.45) is 0. The number of hydrogen-bond acceptors (Lipinski definition) is 4. The minimum atomic E-state index is -3.85. The zero-order chi connectivity index (χ0) is 15.8. The molecular weight excluding hydrogens is 294 g/mol. The Kier molecular flexibility index (Phi) is 4.02. The van der Waals surface area contributed by atoms with Crippen LogP contribution in [-0.4, -0.2) is 43.7 Å². The molecule has 0 radical (unpaired) electrons. The standard InChI is InChI=1S/C13H17N3O4S/c1-8-3-4-10(7-11(8)12(14)17)21(19,20)16-6-5-15-13(18)9(16)2/h3-4,7,9H,5-6H2,1-2H3,(H2,14,17)(H,15,18). The van der Waals surface area contributed by atoms with Crippen LogP contribution in [-0.2, 0) is 14.8 Å². The molecule has 1 heterocycles. The molecular formula is C13H17N3O4S. The van der Waals surface area contributed by atoms with Crippen LogP contribution in [0.2, 0.25) is 0 Å². The first-order valence-corrected chi connectivity index (χ1v) is 7.89. The van der Waals surface area contributed by atoms with Crippen LogP contribution in [0.25, 0.3) is 0 Å². The average molecular weight is 311 g/mol. The highest BCUT2D eigenvalue weighted by Crippen LogP contribution is 2.22. The highest BCUT2D eigenvalue weighted by atomic mass is 32.2. The van der Waals surface area contributed by atoms with E-state index >= 15 is 0 Å². The van der Waals surface area contributed by atoms with Gasteiger partial charge in [-0.1, -0.05) is 6.07 Å². The second-order valence-electron chi connectivity index (χ2n) is 4.92. The van der Waals surface area contributed by atoms with E-state index in [4.69, 9.17) is 5.73 Å². The molecule has 21 heavy (non-hydrogen) atoms. The Morgan fingerprint density at radius 2 is 2.10 bits per heavy atom. The smallest absolute Gasteiger partial charge is 0.249 e. The van der Waals surface area contributed by atoms with Crippen molar-refractivity contribution in [3.05, 3.63) is 29.3 Å². The van der Waals surface area contributed by atoms with Crippen molar-refractivity contribution in [2.24, 2.45) is 5.73 Å². The van der Waals surface area contributed by atoms with Crippen molar-refractivity contribution in [2.75, 3.05) is 13.1 Å². The van der Waals surface area contributed by atoms with Crippen LogP contribution in [0.1, 0.15) is 22.8 Å². The van der Waals surface area contributed by atoms with Gasteiger partial charge in [-0.2, -0.15) is 4.31 Å². The van der Waals surface area contributed by atoms with Crippen LogP contribution in [0.4, 0.5) is 0 Å². The van der Waals surface area contributed by atoms with Crippen molar-refractivity contribution in [3.63, 3.8) is 0 Å². The number of aryl methyl sites for hydroxylation is 1. The molecule has 0 saturated carbocycles. The van der Waals surface area contributed by atoms with E-state index < -0.39 is 22.0 Å². The Balaban J connectivity index is 2.47. The maximum absolute atomic E-state index is 12.6. The number of nitrogens with zero attached hydrogens (tertiary/aromatic N) is 1. The third kappa shape index (κ3) is 2.77. The molecule has 1 aliphatic rings. The van der Waals surface area contributed by atoms with Gasteiger partial charge in [0.25, 0.3) is 0 Å². The maximum atomic E-state index is 12.6. The van der Waals surface area contributed by atoms with E-state index in [1.54, 1.807) is 6.92 Å². The van der Waals surface area contributed by atoms with Crippen molar-refractivity contribution in [1.29, 1.82) is 0 Å². The van der Waals surface area contributed by atoms with Gasteiger partial charge in [0.15, 0.2) is 0 Å². The molecule has 0 spiro atoms. The molecule has 0 aromatic heterocycles. The van der Waals surface area contributed by atoms with Gasteiger partial charge in [0.05, 0.1) is 4.90 Å². The summed E-state index contributed by atoms with van der Waals surface area (Å²) in [5.41, 5.74) is 6.00. The van der Waals surface area contributed by atoms with Gasteiger partial charge in [0, 0.05) is 18.7 Å². The minimum absolute atomic E-state index is 0.0385. The van der Waals surface area contributed by atoms with Gasteiger partial charge in [0.1, 0.15) is 6.04 Å². The number of sulfonamides is 1. The maximum Gasteiger partial charge on any atom is 0.249 e. The molecule has 8 heteroatoms. The van der Waals surface area contributed by atoms with Gasteiger partial charge in [-0.25, -0.2) is 8.42 Å². The van der Waals surface area contributed by atoms with Gasteiger partial charge < -0.3 is 11.1 Å². The number of nitrogens with two attached hydrogens (primary N) is 1. The van der Waals surface area contributed by atoms with E-state index in [0.29, 0.717) is 5.56 Å². The largest absolute Gasteiger partial charge is 0.366 e. The molecule has 1 aromatic carbocycles. The van der Waals surface area contributed by atoms with Crippen molar-refractivity contribution < 1.29 is 18.0 Å². The molecule has 7 nitrogen and oxygen atoms in total.